The van der Waals surface area contributed by atoms with Crippen molar-refractivity contribution in [3.05, 3.63) is 47.5 Å². The molecule has 2 aromatic rings. The second-order valence-corrected chi connectivity index (χ2v) is 6.99. The van der Waals surface area contributed by atoms with Crippen molar-refractivity contribution in [1.82, 2.24) is 0 Å². The van der Waals surface area contributed by atoms with Gasteiger partial charge < -0.3 is 28.4 Å². The molecule has 142 valence electrons. The van der Waals surface area contributed by atoms with Gasteiger partial charge in [-0.25, -0.2) is 0 Å². The Morgan fingerprint density at radius 1 is 0.607 bits per heavy atom. The Labute approximate surface area is 158 Å². The lowest BCUT2D eigenvalue weighted by Crippen LogP contribution is -2.19. The summed E-state index contributed by atoms with van der Waals surface area (Å²) in [5, 5.41) is 0. The van der Waals surface area contributed by atoms with Crippen LogP contribution in [-0.2, 0) is 19.1 Å². The van der Waals surface area contributed by atoms with E-state index < -0.39 is 36.0 Å². The molecule has 0 radical (unpaired) electrons. The van der Waals surface area contributed by atoms with E-state index in [4.69, 9.17) is 28.4 Å². The zero-order valence-corrected chi connectivity index (χ0v) is 14.5. The highest BCUT2D eigenvalue weighted by molar-refractivity contribution is 5.89. The van der Waals surface area contributed by atoms with Gasteiger partial charge in [-0.1, -0.05) is 12.1 Å². The SMILES string of the molecule is O=C1O[C@H](c2ccc3c(c2)OCO3)[C@H]2C(=O)O[C@@H](c3ccc4c(c3)OCO4)[C@H]12. The summed E-state index contributed by atoms with van der Waals surface area (Å²) in [5.41, 5.74) is 1.35. The van der Waals surface area contributed by atoms with Crippen molar-refractivity contribution in [3.63, 3.8) is 0 Å². The Morgan fingerprint density at radius 2 is 1.04 bits per heavy atom. The molecular formula is C20H14O8. The number of benzene rings is 2. The van der Waals surface area contributed by atoms with Crippen LogP contribution in [0.25, 0.3) is 0 Å². The molecule has 4 aliphatic heterocycles. The highest BCUT2D eigenvalue weighted by Crippen LogP contribution is 2.53. The van der Waals surface area contributed by atoms with E-state index in [-0.39, 0.29) is 13.6 Å². The van der Waals surface area contributed by atoms with E-state index in [1.54, 1.807) is 36.4 Å². The maximum absolute atomic E-state index is 12.7. The molecule has 0 unspecified atom stereocenters. The monoisotopic (exact) mass is 382 g/mol. The van der Waals surface area contributed by atoms with Gasteiger partial charge in [0.05, 0.1) is 0 Å². The molecule has 0 aliphatic carbocycles. The molecule has 2 aromatic carbocycles. The van der Waals surface area contributed by atoms with Gasteiger partial charge in [0.1, 0.15) is 24.0 Å². The minimum Gasteiger partial charge on any atom is -0.456 e. The molecule has 2 saturated heterocycles. The number of fused-ring (bicyclic) bond motifs is 3. The van der Waals surface area contributed by atoms with Crippen LogP contribution in [0.3, 0.4) is 0 Å². The number of carbonyl (C=O) groups excluding carboxylic acids is 2. The molecule has 4 atom stereocenters. The first-order valence-electron chi connectivity index (χ1n) is 8.89. The molecule has 0 aromatic heterocycles. The molecule has 0 amide bonds. The van der Waals surface area contributed by atoms with Gasteiger partial charge in [0.2, 0.25) is 13.6 Å². The van der Waals surface area contributed by atoms with Gasteiger partial charge in [-0.15, -0.1) is 0 Å². The van der Waals surface area contributed by atoms with Gasteiger partial charge in [0, 0.05) is 0 Å². The molecule has 0 spiro atoms. The summed E-state index contributed by atoms with van der Waals surface area (Å²) in [6.45, 7) is 0.285. The van der Waals surface area contributed by atoms with Crippen LogP contribution in [0.2, 0.25) is 0 Å². The highest BCUT2D eigenvalue weighted by atomic mass is 16.7. The second kappa shape index (κ2) is 5.54. The molecule has 6 rings (SSSR count). The fourth-order valence-electron chi connectivity index (χ4n) is 4.20. The Kier molecular flexibility index (Phi) is 3.09. The maximum atomic E-state index is 12.7. The minimum atomic E-state index is -0.724. The van der Waals surface area contributed by atoms with Crippen LogP contribution in [0.4, 0.5) is 0 Å². The molecule has 28 heavy (non-hydrogen) atoms. The van der Waals surface area contributed by atoms with Crippen molar-refractivity contribution in [2.75, 3.05) is 13.6 Å². The van der Waals surface area contributed by atoms with Crippen LogP contribution in [0.5, 0.6) is 23.0 Å². The molecule has 4 aliphatic rings. The summed E-state index contributed by atoms with van der Waals surface area (Å²) >= 11 is 0. The van der Waals surface area contributed by atoms with Gasteiger partial charge in [0.15, 0.2) is 23.0 Å². The quantitative estimate of drug-likeness (QED) is 0.731. The van der Waals surface area contributed by atoms with Crippen molar-refractivity contribution < 1.29 is 38.0 Å². The fraction of sp³-hybridized carbons (Fsp3) is 0.300. The van der Waals surface area contributed by atoms with Crippen molar-refractivity contribution in [2.45, 2.75) is 12.2 Å². The average molecular weight is 382 g/mol. The summed E-state index contributed by atoms with van der Waals surface area (Å²) in [5.74, 6) is 0.0223. The fourth-order valence-corrected chi connectivity index (χ4v) is 4.20. The second-order valence-electron chi connectivity index (χ2n) is 6.99. The number of esters is 2. The predicted molar refractivity (Wildman–Crippen MR) is 89.8 cm³/mol. The molecule has 8 nitrogen and oxygen atoms in total. The lowest BCUT2D eigenvalue weighted by Gasteiger charge is -2.15. The summed E-state index contributed by atoms with van der Waals surface area (Å²) in [6.07, 6.45) is -1.45. The Hall–Kier alpha value is -3.42. The van der Waals surface area contributed by atoms with Gasteiger partial charge >= 0.3 is 11.9 Å². The molecule has 0 N–H and O–H groups in total. The molecule has 8 heteroatoms. The molecule has 0 bridgehead atoms. The van der Waals surface area contributed by atoms with Gasteiger partial charge in [-0.3, -0.25) is 9.59 Å². The largest absolute Gasteiger partial charge is 0.456 e. The first-order valence-corrected chi connectivity index (χ1v) is 8.89. The number of rotatable bonds is 2. The van der Waals surface area contributed by atoms with Crippen LogP contribution < -0.4 is 18.9 Å². The van der Waals surface area contributed by atoms with Gasteiger partial charge in [-0.2, -0.15) is 0 Å². The third kappa shape index (κ3) is 2.11. The van der Waals surface area contributed by atoms with E-state index in [2.05, 4.69) is 0 Å². The van der Waals surface area contributed by atoms with E-state index in [0.717, 1.165) is 0 Å². The molecular weight excluding hydrogens is 368 g/mol. The lowest BCUT2D eigenvalue weighted by molar-refractivity contribution is -0.154. The normalized spacial score (nSPS) is 28.9. The van der Waals surface area contributed by atoms with Crippen molar-refractivity contribution in [3.8, 4) is 23.0 Å². The van der Waals surface area contributed by atoms with Crippen molar-refractivity contribution in [1.29, 1.82) is 0 Å². The van der Waals surface area contributed by atoms with Crippen LogP contribution in [0.15, 0.2) is 36.4 Å². The number of ether oxygens (including phenoxy) is 6. The number of hydrogen-bond acceptors (Lipinski definition) is 8. The Bertz CT molecular complexity index is 934. The Morgan fingerprint density at radius 3 is 1.50 bits per heavy atom. The predicted octanol–water partition coefficient (Wildman–Crippen LogP) is 2.27. The average Bonchev–Trinajstić information content (AvgIpc) is 3.46. The number of cyclic esters (lactones) is 2. The zero-order valence-electron chi connectivity index (χ0n) is 14.5. The number of hydrogen-bond donors (Lipinski definition) is 0. The van der Waals surface area contributed by atoms with Crippen LogP contribution in [-0.4, -0.2) is 25.5 Å². The zero-order chi connectivity index (χ0) is 18.8. The van der Waals surface area contributed by atoms with E-state index in [1.807, 2.05) is 0 Å². The van der Waals surface area contributed by atoms with Gasteiger partial charge in [0.25, 0.3) is 0 Å². The summed E-state index contributed by atoms with van der Waals surface area (Å²) in [6, 6.07) is 10.5. The van der Waals surface area contributed by atoms with E-state index >= 15 is 0 Å². The van der Waals surface area contributed by atoms with Gasteiger partial charge in [-0.05, 0) is 35.4 Å². The van der Waals surface area contributed by atoms with Crippen molar-refractivity contribution >= 4 is 11.9 Å². The maximum Gasteiger partial charge on any atom is 0.314 e. The van der Waals surface area contributed by atoms with E-state index in [0.29, 0.717) is 34.1 Å². The first kappa shape index (κ1) is 15.6. The summed E-state index contributed by atoms with van der Waals surface area (Å²) in [7, 11) is 0. The van der Waals surface area contributed by atoms with E-state index in [1.165, 1.54) is 0 Å². The number of carbonyl (C=O) groups is 2. The third-order valence-corrected chi connectivity index (χ3v) is 5.52. The topological polar surface area (TPSA) is 89.5 Å². The summed E-state index contributed by atoms with van der Waals surface area (Å²) < 4.78 is 32.6. The minimum absolute atomic E-state index is 0.142. The lowest BCUT2D eigenvalue weighted by atomic mass is 9.84. The third-order valence-electron chi connectivity index (χ3n) is 5.52. The summed E-state index contributed by atoms with van der Waals surface area (Å²) in [4.78, 5) is 25.3. The molecule has 4 heterocycles. The standard InChI is InChI=1S/C20H14O8/c21-19-15-16(18(28-19)10-2-4-12-14(6-10)26-8-24-12)20(22)27-17(15)9-1-3-11-13(5-9)25-7-23-11/h1-6,15-18H,7-8H2/t15-,16+,17+,18-. The van der Waals surface area contributed by atoms with Crippen LogP contribution in [0, 0.1) is 11.8 Å². The highest BCUT2D eigenvalue weighted by Gasteiger charge is 2.60. The Balaban J connectivity index is 1.35. The molecule has 2 fully saturated rings. The smallest absolute Gasteiger partial charge is 0.314 e. The van der Waals surface area contributed by atoms with Crippen molar-refractivity contribution in [2.24, 2.45) is 11.8 Å². The van der Waals surface area contributed by atoms with Crippen LogP contribution >= 0.6 is 0 Å². The van der Waals surface area contributed by atoms with Crippen LogP contribution in [0.1, 0.15) is 23.3 Å². The molecule has 0 saturated carbocycles. The first-order chi connectivity index (χ1) is 13.7. The van der Waals surface area contributed by atoms with E-state index in [9.17, 15) is 9.59 Å².